The zero-order valence-corrected chi connectivity index (χ0v) is 14.1. The average Bonchev–Trinajstić information content (AvgIpc) is 3.08. The monoisotopic (exact) mass is 324 g/mol. The van der Waals surface area contributed by atoms with E-state index >= 15 is 0 Å². The molecule has 0 bridgehead atoms. The summed E-state index contributed by atoms with van der Waals surface area (Å²) >= 11 is 1.68. The van der Waals surface area contributed by atoms with Crippen LogP contribution in [-0.2, 0) is 0 Å². The largest absolute Gasteiger partial charge is 0.350 e. The number of nitrogens with zero attached hydrogens (tertiary/aromatic N) is 1. The van der Waals surface area contributed by atoms with Crippen molar-refractivity contribution in [2.75, 3.05) is 20.6 Å². The maximum atomic E-state index is 12.6. The molecule has 0 fully saturated rings. The number of thiophene rings is 1. The standard InChI is InChI=1S/C19H20N2OS/c1-21(2)18(15-10-11-23-13-15)12-20-19(22)17-9-5-7-14-6-3-4-8-16(14)17/h3-11,13,18H,12H2,1-2H3,(H,20,22)/t18-/m1/s1. The van der Waals surface area contributed by atoms with Crippen molar-refractivity contribution in [3.05, 3.63) is 70.4 Å². The number of fused-ring (bicyclic) bond motifs is 1. The van der Waals surface area contributed by atoms with Crippen LogP contribution in [-0.4, -0.2) is 31.4 Å². The fraction of sp³-hybridized carbons (Fsp3) is 0.211. The van der Waals surface area contributed by atoms with Gasteiger partial charge in [-0.05, 0) is 53.3 Å². The van der Waals surface area contributed by atoms with Gasteiger partial charge in [0.25, 0.3) is 5.91 Å². The van der Waals surface area contributed by atoms with Crippen LogP contribution in [0.3, 0.4) is 0 Å². The number of nitrogens with one attached hydrogen (secondary N) is 1. The first-order valence-electron chi connectivity index (χ1n) is 7.61. The van der Waals surface area contributed by atoms with Crippen molar-refractivity contribution in [3.63, 3.8) is 0 Å². The number of amides is 1. The van der Waals surface area contributed by atoms with E-state index in [0.29, 0.717) is 6.54 Å². The minimum atomic E-state index is -0.0242. The van der Waals surface area contributed by atoms with E-state index in [0.717, 1.165) is 16.3 Å². The van der Waals surface area contributed by atoms with Gasteiger partial charge in [0.2, 0.25) is 0 Å². The Labute approximate surface area is 140 Å². The Kier molecular flexibility index (Phi) is 4.74. The molecule has 3 nitrogen and oxygen atoms in total. The molecule has 0 aliphatic carbocycles. The van der Waals surface area contributed by atoms with Gasteiger partial charge in [-0.25, -0.2) is 0 Å². The third-order valence-electron chi connectivity index (χ3n) is 4.04. The Morgan fingerprint density at radius 3 is 2.65 bits per heavy atom. The lowest BCUT2D eigenvalue weighted by Gasteiger charge is -2.24. The highest BCUT2D eigenvalue weighted by atomic mass is 32.1. The molecule has 1 amide bonds. The van der Waals surface area contributed by atoms with Gasteiger partial charge >= 0.3 is 0 Å². The van der Waals surface area contributed by atoms with Crippen LogP contribution in [0.4, 0.5) is 0 Å². The molecule has 1 heterocycles. The van der Waals surface area contributed by atoms with Crippen molar-refractivity contribution < 1.29 is 4.79 Å². The third kappa shape index (κ3) is 3.44. The van der Waals surface area contributed by atoms with Crippen LogP contribution in [0, 0.1) is 0 Å². The van der Waals surface area contributed by atoms with E-state index in [2.05, 4.69) is 27.0 Å². The first-order chi connectivity index (χ1) is 11.2. The van der Waals surface area contributed by atoms with Crippen LogP contribution in [0.15, 0.2) is 59.3 Å². The topological polar surface area (TPSA) is 32.3 Å². The highest BCUT2D eigenvalue weighted by Crippen LogP contribution is 2.21. The lowest BCUT2D eigenvalue weighted by Crippen LogP contribution is -2.34. The highest BCUT2D eigenvalue weighted by Gasteiger charge is 2.17. The normalized spacial score (nSPS) is 12.5. The Balaban J connectivity index is 1.78. The molecular formula is C19H20N2OS. The number of rotatable bonds is 5. The maximum Gasteiger partial charge on any atom is 0.251 e. The van der Waals surface area contributed by atoms with Crippen molar-refractivity contribution in [1.29, 1.82) is 0 Å². The summed E-state index contributed by atoms with van der Waals surface area (Å²) in [5.41, 5.74) is 1.96. The molecule has 118 valence electrons. The van der Waals surface area contributed by atoms with Gasteiger partial charge in [-0.1, -0.05) is 36.4 Å². The van der Waals surface area contributed by atoms with Gasteiger partial charge in [-0.3, -0.25) is 4.79 Å². The number of likely N-dealkylation sites (N-methyl/N-ethyl adjacent to an activating group) is 1. The van der Waals surface area contributed by atoms with E-state index in [1.54, 1.807) is 11.3 Å². The predicted molar refractivity (Wildman–Crippen MR) is 97.0 cm³/mol. The minimum Gasteiger partial charge on any atom is -0.350 e. The number of benzene rings is 2. The number of hydrogen-bond acceptors (Lipinski definition) is 3. The zero-order chi connectivity index (χ0) is 16.2. The molecule has 0 aliphatic rings. The van der Waals surface area contributed by atoms with Gasteiger partial charge in [0.05, 0.1) is 6.04 Å². The van der Waals surface area contributed by atoms with Crippen molar-refractivity contribution in [2.24, 2.45) is 0 Å². The van der Waals surface area contributed by atoms with E-state index in [4.69, 9.17) is 0 Å². The van der Waals surface area contributed by atoms with E-state index in [1.165, 1.54) is 5.56 Å². The van der Waals surface area contributed by atoms with Gasteiger partial charge in [0.15, 0.2) is 0 Å². The number of hydrogen-bond donors (Lipinski definition) is 1. The first-order valence-corrected chi connectivity index (χ1v) is 8.55. The summed E-state index contributed by atoms with van der Waals surface area (Å²) in [6, 6.07) is 16.1. The fourth-order valence-electron chi connectivity index (χ4n) is 2.77. The van der Waals surface area contributed by atoms with Crippen LogP contribution in [0.2, 0.25) is 0 Å². The van der Waals surface area contributed by atoms with E-state index < -0.39 is 0 Å². The van der Waals surface area contributed by atoms with E-state index in [-0.39, 0.29) is 11.9 Å². The first kappa shape index (κ1) is 15.7. The summed E-state index contributed by atoms with van der Waals surface area (Å²) in [5.74, 6) is -0.0242. The molecule has 4 heteroatoms. The molecule has 3 aromatic rings. The van der Waals surface area contributed by atoms with Crippen LogP contribution in [0.1, 0.15) is 22.0 Å². The van der Waals surface area contributed by atoms with Crippen molar-refractivity contribution in [1.82, 2.24) is 10.2 Å². The van der Waals surface area contributed by atoms with Gasteiger partial charge in [0, 0.05) is 12.1 Å². The van der Waals surface area contributed by atoms with Crippen LogP contribution in [0.5, 0.6) is 0 Å². The average molecular weight is 324 g/mol. The molecule has 0 unspecified atom stereocenters. The fourth-order valence-corrected chi connectivity index (χ4v) is 3.48. The Hall–Kier alpha value is -2.17. The molecule has 1 aromatic heterocycles. The Bertz CT molecular complexity index is 791. The van der Waals surface area contributed by atoms with Crippen molar-refractivity contribution >= 4 is 28.0 Å². The smallest absolute Gasteiger partial charge is 0.251 e. The summed E-state index contributed by atoms with van der Waals surface area (Å²) in [5, 5.41) is 9.36. The Morgan fingerprint density at radius 1 is 1.13 bits per heavy atom. The number of carbonyl (C=O) groups is 1. The molecule has 1 N–H and O–H groups in total. The molecule has 3 rings (SSSR count). The molecule has 0 aliphatic heterocycles. The number of carbonyl (C=O) groups excluding carboxylic acids is 1. The van der Waals surface area contributed by atoms with E-state index in [1.807, 2.05) is 56.6 Å². The summed E-state index contributed by atoms with van der Waals surface area (Å²) in [7, 11) is 4.07. The van der Waals surface area contributed by atoms with Crippen LogP contribution >= 0.6 is 11.3 Å². The van der Waals surface area contributed by atoms with Crippen molar-refractivity contribution in [3.8, 4) is 0 Å². The third-order valence-corrected chi connectivity index (χ3v) is 4.74. The molecule has 23 heavy (non-hydrogen) atoms. The zero-order valence-electron chi connectivity index (χ0n) is 13.3. The molecule has 1 atom stereocenters. The quantitative estimate of drug-likeness (QED) is 0.771. The predicted octanol–water partition coefficient (Wildman–Crippen LogP) is 3.93. The molecule has 0 saturated carbocycles. The van der Waals surface area contributed by atoms with Crippen LogP contribution in [0.25, 0.3) is 10.8 Å². The molecule has 0 saturated heterocycles. The molecule has 2 aromatic carbocycles. The van der Waals surface area contributed by atoms with Gasteiger partial charge < -0.3 is 10.2 Å². The second-order valence-electron chi connectivity index (χ2n) is 5.77. The summed E-state index contributed by atoms with van der Waals surface area (Å²) in [4.78, 5) is 14.8. The maximum absolute atomic E-state index is 12.6. The van der Waals surface area contributed by atoms with Gasteiger partial charge in [-0.2, -0.15) is 11.3 Å². The summed E-state index contributed by atoms with van der Waals surface area (Å²) in [6.07, 6.45) is 0. The van der Waals surface area contributed by atoms with Gasteiger partial charge in [-0.15, -0.1) is 0 Å². The summed E-state index contributed by atoms with van der Waals surface area (Å²) in [6.45, 7) is 0.589. The summed E-state index contributed by atoms with van der Waals surface area (Å²) < 4.78 is 0. The second-order valence-corrected chi connectivity index (χ2v) is 6.55. The lowest BCUT2D eigenvalue weighted by molar-refractivity contribution is 0.0943. The molecular weight excluding hydrogens is 304 g/mol. The molecule has 0 radical (unpaired) electrons. The van der Waals surface area contributed by atoms with Crippen molar-refractivity contribution in [2.45, 2.75) is 6.04 Å². The highest BCUT2D eigenvalue weighted by molar-refractivity contribution is 7.07. The Morgan fingerprint density at radius 2 is 1.91 bits per heavy atom. The van der Waals surface area contributed by atoms with E-state index in [9.17, 15) is 4.79 Å². The SMILES string of the molecule is CN(C)[C@H](CNC(=O)c1cccc2ccccc12)c1ccsc1. The minimum absolute atomic E-state index is 0.0242. The molecule has 0 spiro atoms. The van der Waals surface area contributed by atoms with Crippen LogP contribution < -0.4 is 5.32 Å². The lowest BCUT2D eigenvalue weighted by atomic mass is 10.0. The second kappa shape index (κ2) is 6.94. The van der Waals surface area contributed by atoms with Gasteiger partial charge in [0.1, 0.15) is 0 Å².